The van der Waals surface area contributed by atoms with Gasteiger partial charge in [-0.3, -0.25) is 4.79 Å². The molecule has 0 amide bonds. The highest BCUT2D eigenvalue weighted by molar-refractivity contribution is 5.95. The number of Topliss-reactive ketones (excluding diaryl/α,β-unsaturated/α-hetero) is 1. The van der Waals surface area contributed by atoms with Gasteiger partial charge in [0.1, 0.15) is 0 Å². The Morgan fingerprint density at radius 2 is 1.56 bits per heavy atom. The molecule has 0 fully saturated rings. The molecule has 0 atom stereocenters. The summed E-state index contributed by atoms with van der Waals surface area (Å²) in [5, 5.41) is 9.06. The maximum absolute atomic E-state index is 11.8. The van der Waals surface area contributed by atoms with E-state index in [0.29, 0.717) is 6.42 Å². The highest BCUT2D eigenvalue weighted by Crippen LogP contribution is 2.14. The Morgan fingerprint density at radius 3 is 1.94 bits per heavy atom. The Balaban J connectivity index is 4.28. The highest BCUT2D eigenvalue weighted by atomic mass is 16.7. The zero-order valence-corrected chi connectivity index (χ0v) is 11.3. The summed E-state index contributed by atoms with van der Waals surface area (Å²) in [6.07, 6.45) is 0.671. The fourth-order valence-corrected chi connectivity index (χ4v) is 1.42. The molecule has 6 nitrogen and oxygen atoms in total. The number of hydrogen-bond donors (Lipinski definition) is 1. The Kier molecular flexibility index (Phi) is 9.49. The third-order valence-corrected chi connectivity index (χ3v) is 2.56. The van der Waals surface area contributed by atoms with Crippen molar-refractivity contribution in [1.29, 1.82) is 0 Å². The third-order valence-electron chi connectivity index (χ3n) is 2.56. The first-order valence-corrected chi connectivity index (χ1v) is 5.60. The quantitative estimate of drug-likeness (QED) is 0.364. The minimum atomic E-state index is -0.548. The summed E-state index contributed by atoms with van der Waals surface area (Å²) < 4.78 is 19.9. The van der Waals surface area contributed by atoms with Gasteiger partial charge in [0.15, 0.2) is 18.4 Å². The van der Waals surface area contributed by atoms with Crippen LogP contribution in [0.25, 0.3) is 0 Å². The monoisotopic (exact) mass is 262 g/mol. The van der Waals surface area contributed by atoms with Crippen molar-refractivity contribution in [3.8, 4) is 0 Å². The van der Waals surface area contributed by atoms with Crippen LogP contribution in [0.4, 0.5) is 0 Å². The molecule has 0 radical (unpaired) electrons. The summed E-state index contributed by atoms with van der Waals surface area (Å²) in [7, 11) is 5.96. The van der Waals surface area contributed by atoms with Crippen LogP contribution in [0.15, 0.2) is 11.8 Å². The molecule has 0 saturated carbocycles. The highest BCUT2D eigenvalue weighted by Gasteiger charge is 2.17. The molecule has 1 N–H and O–H groups in total. The number of methoxy groups -OCH3 is 4. The zero-order valence-electron chi connectivity index (χ0n) is 11.3. The van der Waals surface area contributed by atoms with Gasteiger partial charge in [-0.25, -0.2) is 0 Å². The Labute approximate surface area is 107 Å². The molecule has 0 unspecified atom stereocenters. The molecule has 0 heterocycles. The number of ketones is 1. The van der Waals surface area contributed by atoms with E-state index in [1.54, 1.807) is 0 Å². The molecule has 0 aromatic heterocycles. The lowest BCUT2D eigenvalue weighted by atomic mass is 10.0. The fraction of sp³-hybridized carbons (Fsp3) is 0.750. The number of rotatable bonds is 10. The van der Waals surface area contributed by atoms with E-state index in [2.05, 4.69) is 0 Å². The van der Waals surface area contributed by atoms with Crippen LogP contribution in [0.5, 0.6) is 0 Å². The molecule has 18 heavy (non-hydrogen) atoms. The number of carbonyl (C=O) groups excluding carboxylic acids is 1. The average Bonchev–Trinajstić information content (AvgIpc) is 2.41. The first-order valence-electron chi connectivity index (χ1n) is 5.60. The summed E-state index contributed by atoms with van der Waals surface area (Å²) in [6.45, 7) is 0. The Hall–Kier alpha value is -0.950. The summed E-state index contributed by atoms with van der Waals surface area (Å²) in [6, 6.07) is 0. The van der Waals surface area contributed by atoms with E-state index >= 15 is 0 Å². The van der Waals surface area contributed by atoms with Crippen molar-refractivity contribution in [3.05, 3.63) is 11.8 Å². The van der Waals surface area contributed by atoms with Crippen molar-refractivity contribution >= 4 is 5.78 Å². The number of carbonyl (C=O) groups is 1. The van der Waals surface area contributed by atoms with Crippen molar-refractivity contribution in [2.75, 3.05) is 28.4 Å². The lowest BCUT2D eigenvalue weighted by molar-refractivity contribution is -0.127. The maximum atomic E-state index is 11.8. The molecule has 0 aliphatic carbocycles. The second-order valence-corrected chi connectivity index (χ2v) is 3.62. The van der Waals surface area contributed by atoms with Gasteiger partial charge in [0.2, 0.25) is 0 Å². The predicted octanol–water partition coefficient (Wildman–Crippen LogP) is 1.41. The second kappa shape index (κ2) is 10.0. The molecule has 0 bridgehead atoms. The van der Waals surface area contributed by atoms with E-state index < -0.39 is 12.6 Å². The molecule has 0 aromatic rings. The van der Waals surface area contributed by atoms with Gasteiger partial charge in [-0.15, -0.1) is 0 Å². The van der Waals surface area contributed by atoms with Crippen molar-refractivity contribution < 1.29 is 28.8 Å². The second-order valence-electron chi connectivity index (χ2n) is 3.62. The first-order chi connectivity index (χ1) is 8.62. The van der Waals surface area contributed by atoms with E-state index in [4.69, 9.17) is 24.1 Å². The fourth-order valence-electron chi connectivity index (χ4n) is 1.42. The normalized spacial score (nSPS) is 12.4. The lowest BCUT2D eigenvalue weighted by Crippen LogP contribution is -2.19. The van der Waals surface area contributed by atoms with Gasteiger partial charge in [0, 0.05) is 53.3 Å². The van der Waals surface area contributed by atoms with Crippen LogP contribution in [0, 0.1) is 0 Å². The van der Waals surface area contributed by atoms with Gasteiger partial charge < -0.3 is 24.1 Å². The van der Waals surface area contributed by atoms with Crippen molar-refractivity contribution in [2.45, 2.75) is 31.8 Å². The molecule has 0 aliphatic rings. The molecular weight excluding hydrogens is 240 g/mol. The van der Waals surface area contributed by atoms with Gasteiger partial charge in [-0.05, 0) is 0 Å². The standard InChI is InChI=1S/C12H22O6/c1-15-11(16-2)6-5-10(14)9(8-13)7-12(17-3)18-4/h8,11-13H,5-7H2,1-4H3/b9-8-. The van der Waals surface area contributed by atoms with E-state index in [0.717, 1.165) is 6.26 Å². The van der Waals surface area contributed by atoms with E-state index in [1.165, 1.54) is 28.4 Å². The van der Waals surface area contributed by atoms with Crippen LogP contribution >= 0.6 is 0 Å². The largest absolute Gasteiger partial charge is 0.515 e. The molecule has 0 saturated heterocycles. The third kappa shape index (κ3) is 6.11. The van der Waals surface area contributed by atoms with Crippen LogP contribution in [0.3, 0.4) is 0 Å². The minimum absolute atomic E-state index is 0.185. The van der Waals surface area contributed by atoms with Crippen LogP contribution in [-0.2, 0) is 23.7 Å². The van der Waals surface area contributed by atoms with E-state index in [-0.39, 0.29) is 24.2 Å². The lowest BCUT2D eigenvalue weighted by Gasteiger charge is -2.15. The Morgan fingerprint density at radius 1 is 1.06 bits per heavy atom. The van der Waals surface area contributed by atoms with Gasteiger partial charge >= 0.3 is 0 Å². The molecule has 0 rings (SSSR count). The van der Waals surface area contributed by atoms with Crippen molar-refractivity contribution in [2.24, 2.45) is 0 Å². The van der Waals surface area contributed by atoms with Crippen molar-refractivity contribution in [3.63, 3.8) is 0 Å². The summed E-state index contributed by atoms with van der Waals surface area (Å²) in [4.78, 5) is 11.8. The smallest absolute Gasteiger partial charge is 0.162 e. The Bertz CT molecular complexity index is 255. The number of aliphatic hydroxyl groups excluding tert-OH is 1. The van der Waals surface area contributed by atoms with E-state index in [1.807, 2.05) is 0 Å². The topological polar surface area (TPSA) is 74.2 Å². The van der Waals surface area contributed by atoms with Crippen LogP contribution in [-0.4, -0.2) is 51.9 Å². The molecule has 0 spiro atoms. The average molecular weight is 262 g/mol. The summed E-state index contributed by atoms with van der Waals surface area (Å²) >= 11 is 0. The first kappa shape index (κ1) is 17.1. The number of hydrogen-bond acceptors (Lipinski definition) is 6. The van der Waals surface area contributed by atoms with Crippen LogP contribution < -0.4 is 0 Å². The molecule has 106 valence electrons. The zero-order chi connectivity index (χ0) is 14.0. The van der Waals surface area contributed by atoms with Gasteiger partial charge in [-0.2, -0.15) is 0 Å². The molecule has 0 aromatic carbocycles. The maximum Gasteiger partial charge on any atom is 0.162 e. The summed E-state index contributed by atoms with van der Waals surface area (Å²) in [5.74, 6) is -0.185. The predicted molar refractivity (Wildman–Crippen MR) is 65.2 cm³/mol. The van der Waals surface area contributed by atoms with Gasteiger partial charge in [0.25, 0.3) is 0 Å². The van der Waals surface area contributed by atoms with E-state index in [9.17, 15) is 4.79 Å². The molecular formula is C12H22O6. The van der Waals surface area contributed by atoms with Gasteiger partial charge in [-0.1, -0.05) is 0 Å². The summed E-state index contributed by atoms with van der Waals surface area (Å²) in [5.41, 5.74) is 0.259. The number of aliphatic hydroxyl groups is 1. The van der Waals surface area contributed by atoms with Crippen LogP contribution in [0.2, 0.25) is 0 Å². The number of ether oxygens (including phenoxy) is 4. The van der Waals surface area contributed by atoms with Crippen LogP contribution in [0.1, 0.15) is 19.3 Å². The molecule has 6 heteroatoms. The van der Waals surface area contributed by atoms with Gasteiger partial charge in [0.05, 0.1) is 6.26 Å². The SMILES string of the molecule is COC(CCC(=O)/C(=C\O)CC(OC)OC)OC. The van der Waals surface area contributed by atoms with Crippen molar-refractivity contribution in [1.82, 2.24) is 0 Å². The minimum Gasteiger partial charge on any atom is -0.515 e. The molecule has 0 aliphatic heterocycles.